The van der Waals surface area contributed by atoms with E-state index in [-0.39, 0.29) is 23.1 Å². The van der Waals surface area contributed by atoms with E-state index < -0.39 is 0 Å². The minimum absolute atomic E-state index is 0.0156. The molecule has 0 fully saturated rings. The first kappa shape index (κ1) is 32.2. The highest BCUT2D eigenvalue weighted by molar-refractivity contribution is 5.99. The summed E-state index contributed by atoms with van der Waals surface area (Å²) in [6.07, 6.45) is 0. The van der Waals surface area contributed by atoms with Gasteiger partial charge < -0.3 is 15.4 Å². The third-order valence-corrected chi connectivity index (χ3v) is 5.90. The van der Waals surface area contributed by atoms with Crippen molar-refractivity contribution < 1.29 is 23.9 Å². The second kappa shape index (κ2) is 16.2. The number of anilines is 2. The number of ketones is 4. The van der Waals surface area contributed by atoms with Gasteiger partial charge in [-0.05, 0) is 82.3 Å². The van der Waals surface area contributed by atoms with Crippen molar-refractivity contribution >= 4 is 34.5 Å². The van der Waals surface area contributed by atoms with Gasteiger partial charge >= 0.3 is 0 Å². The highest BCUT2D eigenvalue weighted by atomic mass is 16.5. The molecule has 0 aliphatic heterocycles. The Labute approximate surface area is 241 Å². The summed E-state index contributed by atoms with van der Waals surface area (Å²) < 4.78 is 5.72. The van der Waals surface area contributed by atoms with E-state index in [1.54, 1.807) is 48.5 Å². The van der Waals surface area contributed by atoms with E-state index >= 15 is 0 Å². The van der Waals surface area contributed by atoms with Crippen LogP contribution in [0.25, 0.3) is 0 Å². The van der Waals surface area contributed by atoms with Gasteiger partial charge in [0.2, 0.25) is 0 Å². The zero-order valence-corrected chi connectivity index (χ0v) is 24.3. The molecule has 7 heteroatoms. The Balaban J connectivity index is 0.000000221. The van der Waals surface area contributed by atoms with E-state index in [9.17, 15) is 19.2 Å². The second-order valence-corrected chi connectivity index (χ2v) is 9.03. The molecule has 41 heavy (non-hydrogen) atoms. The Kier molecular flexibility index (Phi) is 12.7. The van der Waals surface area contributed by atoms with Crippen LogP contribution in [0.1, 0.15) is 69.1 Å². The van der Waals surface area contributed by atoms with Crippen molar-refractivity contribution in [3.63, 3.8) is 0 Å². The lowest BCUT2D eigenvalue weighted by atomic mass is 10.1. The fourth-order valence-electron chi connectivity index (χ4n) is 3.41. The number of hydrogen-bond donors (Lipinski definition) is 2. The van der Waals surface area contributed by atoms with Crippen molar-refractivity contribution in [3.05, 3.63) is 119 Å². The first-order chi connectivity index (χ1) is 19.5. The fraction of sp³-hybridized carbons (Fsp3) is 0.176. The van der Waals surface area contributed by atoms with Crippen LogP contribution in [0.15, 0.2) is 97.1 Å². The molecule has 0 aromatic heterocycles. The number of hydrogen-bond acceptors (Lipinski definition) is 7. The second-order valence-electron chi connectivity index (χ2n) is 9.03. The maximum absolute atomic E-state index is 10.9. The van der Waals surface area contributed by atoms with Crippen molar-refractivity contribution in [2.75, 3.05) is 24.7 Å². The predicted molar refractivity (Wildman–Crippen MR) is 165 cm³/mol. The molecular formula is C34H36N2O5. The number of ether oxygens (including phenoxy) is 1. The van der Waals surface area contributed by atoms with E-state index in [2.05, 4.69) is 10.6 Å². The largest absolute Gasteiger partial charge is 0.457 e. The normalized spacial score (nSPS) is 9.61. The average molecular weight is 553 g/mol. The van der Waals surface area contributed by atoms with Crippen LogP contribution >= 0.6 is 0 Å². The van der Waals surface area contributed by atoms with Gasteiger partial charge in [-0.3, -0.25) is 19.2 Å². The van der Waals surface area contributed by atoms with Crippen LogP contribution in [0, 0.1) is 0 Å². The molecule has 0 atom stereocenters. The first-order valence-electron chi connectivity index (χ1n) is 13.0. The molecule has 4 aromatic carbocycles. The Morgan fingerprint density at radius 2 is 0.780 bits per heavy atom. The predicted octanol–water partition coefficient (Wildman–Crippen LogP) is 7.75. The minimum atomic E-state index is -0.0156. The number of carbonyl (C=O) groups is 4. The summed E-state index contributed by atoms with van der Waals surface area (Å²) in [6, 6.07) is 29.1. The van der Waals surface area contributed by atoms with E-state index in [1.807, 2.05) is 62.6 Å². The molecule has 0 bridgehead atoms. The minimum Gasteiger partial charge on any atom is -0.457 e. The van der Waals surface area contributed by atoms with E-state index in [0.717, 1.165) is 22.9 Å². The summed E-state index contributed by atoms with van der Waals surface area (Å²) in [6.45, 7) is 5.98. The van der Waals surface area contributed by atoms with Crippen LogP contribution in [-0.2, 0) is 0 Å². The standard InChI is InChI=1S/C14H16N2O.2C10H10O2/c1-15-11-3-7-13(8-4-11)17-14-9-5-12(16-2)6-10-14;1-7(11)9-3-5-10(6-4-9)8(2)12;1-7(11)9-4-3-5-10(6-9)8(2)12/h3-10,15-16H,1-2H3;2*3-6H,1-2H3. The smallest absolute Gasteiger partial charge is 0.159 e. The van der Waals surface area contributed by atoms with Crippen molar-refractivity contribution in [2.24, 2.45) is 0 Å². The third-order valence-electron chi connectivity index (χ3n) is 5.90. The zero-order valence-electron chi connectivity index (χ0n) is 24.3. The quantitative estimate of drug-likeness (QED) is 0.216. The van der Waals surface area contributed by atoms with Gasteiger partial charge in [0.1, 0.15) is 11.5 Å². The summed E-state index contributed by atoms with van der Waals surface area (Å²) in [7, 11) is 3.79. The van der Waals surface area contributed by atoms with Gasteiger partial charge in [0.25, 0.3) is 0 Å². The lowest BCUT2D eigenvalue weighted by Gasteiger charge is -2.07. The molecule has 212 valence electrons. The summed E-state index contributed by atoms with van der Waals surface area (Å²) >= 11 is 0. The summed E-state index contributed by atoms with van der Waals surface area (Å²) in [5, 5.41) is 6.14. The summed E-state index contributed by atoms with van der Waals surface area (Å²) in [5.41, 5.74) is 4.59. The van der Waals surface area contributed by atoms with Gasteiger partial charge in [-0.25, -0.2) is 0 Å². The van der Waals surface area contributed by atoms with Gasteiger partial charge in [-0.15, -0.1) is 0 Å². The van der Waals surface area contributed by atoms with Crippen LogP contribution in [-0.4, -0.2) is 37.2 Å². The Morgan fingerprint density at radius 3 is 1.05 bits per heavy atom. The van der Waals surface area contributed by atoms with E-state index in [4.69, 9.17) is 4.74 Å². The maximum Gasteiger partial charge on any atom is 0.159 e. The molecule has 0 saturated carbocycles. The Morgan fingerprint density at radius 1 is 0.463 bits per heavy atom. The molecule has 0 spiro atoms. The number of nitrogens with one attached hydrogen (secondary N) is 2. The molecule has 0 aliphatic carbocycles. The average Bonchev–Trinajstić information content (AvgIpc) is 2.98. The molecular weight excluding hydrogens is 516 g/mol. The molecule has 0 amide bonds. The van der Waals surface area contributed by atoms with Crippen molar-refractivity contribution in [3.8, 4) is 11.5 Å². The number of carbonyl (C=O) groups excluding carboxylic acids is 4. The van der Waals surface area contributed by atoms with Crippen molar-refractivity contribution in [2.45, 2.75) is 27.7 Å². The molecule has 0 radical (unpaired) electrons. The van der Waals surface area contributed by atoms with Gasteiger partial charge in [0.05, 0.1) is 0 Å². The SMILES string of the molecule is CC(=O)c1ccc(C(C)=O)cc1.CC(=O)c1cccc(C(C)=O)c1.CNc1ccc(Oc2ccc(NC)cc2)cc1. The molecule has 4 aromatic rings. The lowest BCUT2D eigenvalue weighted by molar-refractivity contribution is 0.100. The van der Waals surface area contributed by atoms with Crippen LogP contribution in [0.4, 0.5) is 11.4 Å². The fourth-order valence-corrected chi connectivity index (χ4v) is 3.41. The number of rotatable bonds is 8. The molecule has 4 rings (SSSR count). The molecule has 0 saturated heterocycles. The van der Waals surface area contributed by atoms with E-state index in [1.165, 1.54) is 27.7 Å². The highest BCUT2D eigenvalue weighted by Gasteiger charge is 2.03. The molecule has 0 unspecified atom stereocenters. The van der Waals surface area contributed by atoms with E-state index in [0.29, 0.717) is 22.3 Å². The number of Topliss-reactive ketones (excluding diaryl/α,β-unsaturated/α-hetero) is 4. The van der Waals surface area contributed by atoms with Crippen LogP contribution < -0.4 is 15.4 Å². The molecule has 0 aliphatic rings. The third kappa shape index (κ3) is 10.9. The summed E-state index contributed by atoms with van der Waals surface area (Å²) in [5.74, 6) is 1.67. The molecule has 0 heterocycles. The first-order valence-corrected chi connectivity index (χ1v) is 13.0. The zero-order chi connectivity index (χ0) is 30.4. The topological polar surface area (TPSA) is 102 Å². The Hall–Kier alpha value is -5.04. The molecule has 7 nitrogen and oxygen atoms in total. The van der Waals surface area contributed by atoms with Crippen LogP contribution in [0.5, 0.6) is 11.5 Å². The van der Waals surface area contributed by atoms with Crippen LogP contribution in [0.2, 0.25) is 0 Å². The van der Waals surface area contributed by atoms with Gasteiger partial charge in [-0.1, -0.05) is 42.5 Å². The van der Waals surface area contributed by atoms with Crippen molar-refractivity contribution in [1.82, 2.24) is 0 Å². The van der Waals surface area contributed by atoms with Gasteiger partial charge in [0.15, 0.2) is 23.1 Å². The lowest BCUT2D eigenvalue weighted by Crippen LogP contribution is -1.96. The van der Waals surface area contributed by atoms with Gasteiger partial charge in [0, 0.05) is 47.7 Å². The maximum atomic E-state index is 10.9. The monoisotopic (exact) mass is 552 g/mol. The molecule has 2 N–H and O–H groups in total. The highest BCUT2D eigenvalue weighted by Crippen LogP contribution is 2.24. The summed E-state index contributed by atoms with van der Waals surface area (Å²) in [4.78, 5) is 43.5. The van der Waals surface area contributed by atoms with Crippen LogP contribution in [0.3, 0.4) is 0 Å². The van der Waals surface area contributed by atoms with Crippen molar-refractivity contribution in [1.29, 1.82) is 0 Å². The Bertz CT molecular complexity index is 1350. The van der Waals surface area contributed by atoms with Gasteiger partial charge in [-0.2, -0.15) is 0 Å². The number of benzene rings is 4.